The molecule has 1 heterocycles. The van der Waals surface area contributed by atoms with Gasteiger partial charge in [0.05, 0.1) is 36.2 Å². The number of nitrogens with one attached hydrogen (secondary N) is 1. The van der Waals surface area contributed by atoms with E-state index in [4.69, 9.17) is 21.1 Å². The number of nitrogens with zero attached hydrogens (tertiary/aromatic N) is 1. The van der Waals surface area contributed by atoms with Crippen LogP contribution in [0.25, 0.3) is 10.9 Å². The maximum Gasteiger partial charge on any atom is 0.341 e. The van der Waals surface area contributed by atoms with Crippen molar-refractivity contribution in [3.8, 4) is 0 Å². The molecule has 3 aromatic rings. The number of pyridine rings is 1. The van der Waals surface area contributed by atoms with Crippen molar-refractivity contribution >= 4 is 45.8 Å². The molecule has 0 saturated heterocycles. The van der Waals surface area contributed by atoms with Gasteiger partial charge >= 0.3 is 11.9 Å². The summed E-state index contributed by atoms with van der Waals surface area (Å²) in [7, 11) is 1.31. The molecular formula is C20H17ClN2O4. The first kappa shape index (κ1) is 18.7. The van der Waals surface area contributed by atoms with Crippen LogP contribution in [-0.2, 0) is 9.47 Å². The molecule has 0 aliphatic carbocycles. The Hall–Kier alpha value is -3.12. The minimum absolute atomic E-state index is 0.232. The summed E-state index contributed by atoms with van der Waals surface area (Å²) in [6.07, 6.45) is 1.43. The van der Waals surface area contributed by atoms with Crippen molar-refractivity contribution in [2.45, 2.75) is 6.92 Å². The normalized spacial score (nSPS) is 10.5. The number of halogens is 1. The van der Waals surface area contributed by atoms with Gasteiger partial charge in [-0.05, 0) is 37.3 Å². The lowest BCUT2D eigenvalue weighted by molar-refractivity contribution is 0.0526. The summed E-state index contributed by atoms with van der Waals surface area (Å²) in [5.41, 5.74) is 2.18. The number of hydrogen-bond acceptors (Lipinski definition) is 6. The second-order valence-corrected chi connectivity index (χ2v) is 6.03. The fraction of sp³-hybridized carbons (Fsp3) is 0.150. The molecule has 0 fully saturated rings. The van der Waals surface area contributed by atoms with Gasteiger partial charge in [0, 0.05) is 16.6 Å². The highest BCUT2D eigenvalue weighted by atomic mass is 35.5. The topological polar surface area (TPSA) is 77.5 Å². The molecule has 1 aromatic heterocycles. The minimum atomic E-state index is -0.514. The molecule has 0 atom stereocenters. The number of para-hydroxylation sites is 1. The average Bonchev–Trinajstić information content (AvgIpc) is 2.68. The lowest BCUT2D eigenvalue weighted by Gasteiger charge is -2.16. The van der Waals surface area contributed by atoms with Crippen molar-refractivity contribution in [2.75, 3.05) is 19.0 Å². The third-order valence-electron chi connectivity index (χ3n) is 3.92. The molecule has 27 heavy (non-hydrogen) atoms. The summed E-state index contributed by atoms with van der Waals surface area (Å²) in [6.45, 7) is 1.96. The van der Waals surface area contributed by atoms with E-state index in [1.165, 1.54) is 13.3 Å². The van der Waals surface area contributed by atoms with Gasteiger partial charge in [-0.3, -0.25) is 4.98 Å². The Morgan fingerprint density at radius 3 is 2.63 bits per heavy atom. The summed E-state index contributed by atoms with van der Waals surface area (Å²) in [4.78, 5) is 28.8. The molecule has 6 nitrogen and oxygen atoms in total. The maximum absolute atomic E-state index is 12.4. The van der Waals surface area contributed by atoms with Crippen molar-refractivity contribution in [2.24, 2.45) is 0 Å². The summed E-state index contributed by atoms with van der Waals surface area (Å²) in [5, 5.41) is 4.37. The van der Waals surface area contributed by atoms with Gasteiger partial charge in [-0.2, -0.15) is 0 Å². The Balaban J connectivity index is 2.18. The lowest BCUT2D eigenvalue weighted by Crippen LogP contribution is -2.11. The van der Waals surface area contributed by atoms with E-state index in [1.54, 1.807) is 49.4 Å². The van der Waals surface area contributed by atoms with Gasteiger partial charge in [0.1, 0.15) is 5.56 Å². The Morgan fingerprint density at radius 2 is 1.89 bits per heavy atom. The number of aromatic nitrogens is 1. The number of carbonyl (C=O) groups is 2. The standard InChI is InChI=1S/C20H17ClN2O4/c1-3-27-20(25)15-11-22-17-10-12(21)8-9-13(17)18(15)23-16-7-5-4-6-14(16)19(24)26-2/h4-11H,3H2,1-2H3,(H,22,23). The zero-order valence-electron chi connectivity index (χ0n) is 14.8. The van der Waals surface area contributed by atoms with E-state index in [9.17, 15) is 9.59 Å². The van der Waals surface area contributed by atoms with E-state index >= 15 is 0 Å². The Kier molecular flexibility index (Phi) is 5.57. The highest BCUT2D eigenvalue weighted by Crippen LogP contribution is 2.32. The minimum Gasteiger partial charge on any atom is -0.465 e. The monoisotopic (exact) mass is 384 g/mol. The molecule has 1 N–H and O–H groups in total. The number of esters is 2. The summed E-state index contributed by atoms with van der Waals surface area (Å²) < 4.78 is 9.97. The summed E-state index contributed by atoms with van der Waals surface area (Å²) in [5.74, 6) is -1.00. The quantitative estimate of drug-likeness (QED) is 0.648. The van der Waals surface area contributed by atoms with Crippen molar-refractivity contribution < 1.29 is 19.1 Å². The van der Waals surface area contributed by atoms with Crippen LogP contribution in [0.3, 0.4) is 0 Å². The van der Waals surface area contributed by atoms with Crippen LogP contribution < -0.4 is 5.32 Å². The molecule has 7 heteroatoms. The molecule has 2 aromatic carbocycles. The number of anilines is 2. The van der Waals surface area contributed by atoms with Crippen LogP contribution >= 0.6 is 11.6 Å². The highest BCUT2D eigenvalue weighted by molar-refractivity contribution is 6.31. The van der Waals surface area contributed by atoms with Crippen molar-refractivity contribution in [1.29, 1.82) is 0 Å². The second-order valence-electron chi connectivity index (χ2n) is 5.59. The van der Waals surface area contributed by atoms with Gasteiger partial charge in [0.15, 0.2) is 0 Å². The van der Waals surface area contributed by atoms with E-state index in [0.717, 1.165) is 0 Å². The van der Waals surface area contributed by atoms with E-state index in [0.29, 0.717) is 32.9 Å². The van der Waals surface area contributed by atoms with Crippen LogP contribution in [0, 0.1) is 0 Å². The summed E-state index contributed by atoms with van der Waals surface area (Å²) >= 11 is 6.06. The van der Waals surface area contributed by atoms with Gasteiger partial charge < -0.3 is 14.8 Å². The van der Waals surface area contributed by atoms with Gasteiger partial charge in [-0.1, -0.05) is 23.7 Å². The van der Waals surface area contributed by atoms with Gasteiger partial charge in [0.25, 0.3) is 0 Å². The number of hydrogen-bond donors (Lipinski definition) is 1. The molecule has 0 saturated carbocycles. The first-order chi connectivity index (χ1) is 13.0. The Labute approximate surface area is 161 Å². The van der Waals surface area contributed by atoms with E-state index < -0.39 is 11.9 Å². The smallest absolute Gasteiger partial charge is 0.341 e. The second kappa shape index (κ2) is 8.05. The summed E-state index contributed by atoms with van der Waals surface area (Å²) in [6, 6.07) is 12.0. The number of rotatable bonds is 5. The van der Waals surface area contributed by atoms with Crippen LogP contribution in [0.1, 0.15) is 27.6 Å². The Morgan fingerprint density at radius 1 is 1.11 bits per heavy atom. The third-order valence-corrected chi connectivity index (χ3v) is 4.15. The van der Waals surface area contributed by atoms with Gasteiger partial charge in [-0.25, -0.2) is 9.59 Å². The zero-order chi connectivity index (χ0) is 19.4. The molecule has 0 unspecified atom stereocenters. The van der Waals surface area contributed by atoms with E-state index in [-0.39, 0.29) is 12.2 Å². The molecule has 0 amide bonds. The van der Waals surface area contributed by atoms with E-state index in [2.05, 4.69) is 10.3 Å². The fourth-order valence-electron chi connectivity index (χ4n) is 2.68. The fourth-order valence-corrected chi connectivity index (χ4v) is 2.85. The van der Waals surface area contributed by atoms with Crippen LogP contribution in [0.4, 0.5) is 11.4 Å². The van der Waals surface area contributed by atoms with Crippen LogP contribution in [0.15, 0.2) is 48.7 Å². The molecule has 0 spiro atoms. The molecule has 0 radical (unpaired) electrons. The molecule has 0 aliphatic rings. The van der Waals surface area contributed by atoms with Gasteiger partial charge in [0.2, 0.25) is 0 Å². The van der Waals surface area contributed by atoms with Crippen LogP contribution in [0.2, 0.25) is 5.02 Å². The number of benzene rings is 2. The van der Waals surface area contributed by atoms with Crippen molar-refractivity contribution in [3.05, 3.63) is 64.8 Å². The molecular weight excluding hydrogens is 368 g/mol. The number of methoxy groups -OCH3 is 1. The number of carbonyl (C=O) groups excluding carboxylic acids is 2. The van der Waals surface area contributed by atoms with Gasteiger partial charge in [-0.15, -0.1) is 0 Å². The Bertz CT molecular complexity index is 1020. The zero-order valence-corrected chi connectivity index (χ0v) is 15.5. The average molecular weight is 385 g/mol. The number of fused-ring (bicyclic) bond motifs is 1. The predicted octanol–water partition coefficient (Wildman–Crippen LogP) is 4.60. The third kappa shape index (κ3) is 3.85. The first-order valence-corrected chi connectivity index (χ1v) is 8.62. The van der Waals surface area contributed by atoms with Crippen molar-refractivity contribution in [1.82, 2.24) is 4.98 Å². The molecule has 3 rings (SSSR count). The van der Waals surface area contributed by atoms with Crippen LogP contribution in [0.5, 0.6) is 0 Å². The lowest BCUT2D eigenvalue weighted by atomic mass is 10.1. The largest absolute Gasteiger partial charge is 0.465 e. The predicted molar refractivity (Wildman–Crippen MR) is 104 cm³/mol. The molecule has 0 aliphatic heterocycles. The highest BCUT2D eigenvalue weighted by Gasteiger charge is 2.19. The van der Waals surface area contributed by atoms with E-state index in [1.807, 2.05) is 0 Å². The molecule has 0 bridgehead atoms. The van der Waals surface area contributed by atoms with Crippen molar-refractivity contribution in [3.63, 3.8) is 0 Å². The van der Waals surface area contributed by atoms with Crippen LogP contribution in [-0.4, -0.2) is 30.6 Å². The SMILES string of the molecule is CCOC(=O)c1cnc2cc(Cl)ccc2c1Nc1ccccc1C(=O)OC. The first-order valence-electron chi connectivity index (χ1n) is 8.25. The maximum atomic E-state index is 12.4. The number of ether oxygens (including phenoxy) is 2. The molecule has 138 valence electrons.